The number of hydrogen-bond donors (Lipinski definition) is 1. The fraction of sp³-hybridized carbons (Fsp3) is 0.118. The highest BCUT2D eigenvalue weighted by molar-refractivity contribution is 5.38. The minimum Gasteiger partial charge on any atom is -0.489 e. The summed E-state index contributed by atoms with van der Waals surface area (Å²) in [6.07, 6.45) is 0. The lowest BCUT2D eigenvalue weighted by atomic mass is 10.1. The van der Waals surface area contributed by atoms with Crippen LogP contribution in [-0.2, 0) is 6.61 Å². The summed E-state index contributed by atoms with van der Waals surface area (Å²) in [5.41, 5.74) is 2.40. The molecule has 0 fully saturated rings. The standard InChI is InChI=1S/C17H13NO2/c18-12-15-5-2-8-17(11-15)20-13-16-6-1-4-14(10-16)7-3-9-19/h1-2,4-6,8,10-11,19H,9,13H2. The number of ether oxygens (including phenoxy) is 1. The van der Waals surface area contributed by atoms with Crippen molar-refractivity contribution in [1.29, 1.82) is 5.26 Å². The zero-order chi connectivity index (χ0) is 14.2. The third-order valence-electron chi connectivity index (χ3n) is 2.61. The van der Waals surface area contributed by atoms with Crippen molar-refractivity contribution in [3.05, 3.63) is 65.2 Å². The Morgan fingerprint density at radius 1 is 1.05 bits per heavy atom. The number of nitriles is 1. The van der Waals surface area contributed by atoms with Gasteiger partial charge in [0.2, 0.25) is 0 Å². The van der Waals surface area contributed by atoms with Crippen molar-refractivity contribution in [3.8, 4) is 23.7 Å². The summed E-state index contributed by atoms with van der Waals surface area (Å²) in [7, 11) is 0. The van der Waals surface area contributed by atoms with Crippen molar-refractivity contribution in [1.82, 2.24) is 0 Å². The van der Waals surface area contributed by atoms with E-state index in [9.17, 15) is 0 Å². The molecule has 0 aliphatic heterocycles. The Bertz CT molecular complexity index is 690. The fourth-order valence-corrected chi connectivity index (χ4v) is 1.70. The van der Waals surface area contributed by atoms with Gasteiger partial charge in [-0.25, -0.2) is 0 Å². The number of nitrogens with zero attached hydrogens (tertiary/aromatic N) is 1. The van der Waals surface area contributed by atoms with E-state index in [0.29, 0.717) is 17.9 Å². The van der Waals surface area contributed by atoms with Crippen molar-refractivity contribution in [2.75, 3.05) is 6.61 Å². The second-order valence-corrected chi connectivity index (χ2v) is 4.09. The molecule has 0 saturated heterocycles. The number of aliphatic hydroxyl groups excluding tert-OH is 1. The summed E-state index contributed by atoms with van der Waals surface area (Å²) >= 11 is 0. The van der Waals surface area contributed by atoms with E-state index in [4.69, 9.17) is 15.1 Å². The van der Waals surface area contributed by atoms with E-state index in [0.717, 1.165) is 11.1 Å². The normalized spacial score (nSPS) is 9.20. The smallest absolute Gasteiger partial charge is 0.121 e. The van der Waals surface area contributed by atoms with Crippen molar-refractivity contribution >= 4 is 0 Å². The molecule has 0 unspecified atom stereocenters. The predicted octanol–water partition coefficient (Wildman–Crippen LogP) is 2.48. The summed E-state index contributed by atoms with van der Waals surface area (Å²) in [5.74, 6) is 6.12. The van der Waals surface area contributed by atoms with Gasteiger partial charge in [-0.1, -0.05) is 30.0 Å². The molecule has 0 saturated carbocycles. The van der Waals surface area contributed by atoms with E-state index < -0.39 is 0 Å². The lowest BCUT2D eigenvalue weighted by molar-refractivity contribution is 0.306. The first-order valence-electron chi connectivity index (χ1n) is 6.13. The SMILES string of the molecule is N#Cc1cccc(OCc2cccc(C#CCO)c2)c1. The molecule has 0 aromatic heterocycles. The summed E-state index contributed by atoms with van der Waals surface area (Å²) in [6.45, 7) is 0.255. The van der Waals surface area contributed by atoms with Gasteiger partial charge in [0.1, 0.15) is 19.0 Å². The van der Waals surface area contributed by atoms with Crippen LogP contribution in [0.1, 0.15) is 16.7 Å². The van der Waals surface area contributed by atoms with E-state index >= 15 is 0 Å². The van der Waals surface area contributed by atoms with Crippen LogP contribution in [0.4, 0.5) is 0 Å². The van der Waals surface area contributed by atoms with Crippen molar-refractivity contribution in [3.63, 3.8) is 0 Å². The van der Waals surface area contributed by atoms with Gasteiger partial charge in [-0.2, -0.15) is 5.26 Å². The van der Waals surface area contributed by atoms with Crippen LogP contribution in [0, 0.1) is 23.2 Å². The van der Waals surface area contributed by atoms with Gasteiger partial charge in [0.25, 0.3) is 0 Å². The molecule has 0 aliphatic rings. The van der Waals surface area contributed by atoms with E-state index in [1.54, 1.807) is 18.2 Å². The minimum atomic E-state index is -0.151. The van der Waals surface area contributed by atoms with Gasteiger partial charge in [-0.3, -0.25) is 0 Å². The predicted molar refractivity (Wildman–Crippen MR) is 75.9 cm³/mol. The van der Waals surface area contributed by atoms with Crippen LogP contribution in [0.15, 0.2) is 48.5 Å². The maximum atomic E-state index is 8.82. The van der Waals surface area contributed by atoms with Crippen LogP contribution in [0.5, 0.6) is 5.75 Å². The van der Waals surface area contributed by atoms with Gasteiger partial charge in [-0.05, 0) is 35.9 Å². The number of aliphatic hydroxyl groups is 1. The van der Waals surface area contributed by atoms with Gasteiger partial charge in [0, 0.05) is 5.56 Å². The van der Waals surface area contributed by atoms with Crippen LogP contribution >= 0.6 is 0 Å². The second-order valence-electron chi connectivity index (χ2n) is 4.09. The molecule has 0 atom stereocenters. The number of benzene rings is 2. The molecular formula is C17H13NO2. The average molecular weight is 263 g/mol. The molecule has 2 aromatic carbocycles. The molecule has 0 spiro atoms. The zero-order valence-electron chi connectivity index (χ0n) is 10.8. The van der Waals surface area contributed by atoms with E-state index in [1.807, 2.05) is 30.3 Å². The van der Waals surface area contributed by atoms with Crippen molar-refractivity contribution in [2.24, 2.45) is 0 Å². The first kappa shape index (κ1) is 13.7. The molecule has 3 nitrogen and oxygen atoms in total. The van der Waals surface area contributed by atoms with Crippen molar-refractivity contribution in [2.45, 2.75) is 6.61 Å². The second kappa shape index (κ2) is 6.99. The molecule has 2 aromatic rings. The third-order valence-corrected chi connectivity index (χ3v) is 2.61. The Labute approximate surface area is 118 Å². The van der Waals surface area contributed by atoms with Gasteiger partial charge in [-0.15, -0.1) is 0 Å². The monoisotopic (exact) mass is 263 g/mol. The lowest BCUT2D eigenvalue weighted by Gasteiger charge is -2.06. The van der Waals surface area contributed by atoms with E-state index in [1.165, 1.54) is 0 Å². The molecular weight excluding hydrogens is 250 g/mol. The quantitative estimate of drug-likeness (QED) is 0.865. The molecule has 1 N–H and O–H groups in total. The molecule has 0 aliphatic carbocycles. The molecule has 0 bridgehead atoms. The van der Waals surface area contributed by atoms with Gasteiger partial charge >= 0.3 is 0 Å². The van der Waals surface area contributed by atoms with Crippen LogP contribution in [0.25, 0.3) is 0 Å². The maximum absolute atomic E-state index is 8.82. The van der Waals surface area contributed by atoms with Crippen LogP contribution in [0.3, 0.4) is 0 Å². The molecule has 0 amide bonds. The topological polar surface area (TPSA) is 53.2 Å². The van der Waals surface area contributed by atoms with Crippen LogP contribution < -0.4 is 4.74 Å². The Morgan fingerprint density at radius 2 is 1.85 bits per heavy atom. The number of rotatable bonds is 3. The van der Waals surface area contributed by atoms with Crippen LogP contribution in [-0.4, -0.2) is 11.7 Å². The van der Waals surface area contributed by atoms with Gasteiger partial charge < -0.3 is 9.84 Å². The average Bonchev–Trinajstić information content (AvgIpc) is 2.51. The zero-order valence-corrected chi connectivity index (χ0v) is 10.8. The first-order valence-corrected chi connectivity index (χ1v) is 6.13. The largest absolute Gasteiger partial charge is 0.489 e. The minimum absolute atomic E-state index is 0.151. The highest BCUT2D eigenvalue weighted by atomic mass is 16.5. The van der Waals surface area contributed by atoms with Gasteiger partial charge in [0.05, 0.1) is 11.6 Å². The molecule has 2 rings (SSSR count). The highest BCUT2D eigenvalue weighted by Gasteiger charge is 1.98. The Balaban J connectivity index is 2.05. The highest BCUT2D eigenvalue weighted by Crippen LogP contribution is 2.15. The van der Waals surface area contributed by atoms with Crippen LogP contribution in [0.2, 0.25) is 0 Å². The Kier molecular flexibility index (Phi) is 4.78. The third kappa shape index (κ3) is 3.88. The molecule has 0 heterocycles. The summed E-state index contributed by atoms with van der Waals surface area (Å²) in [4.78, 5) is 0. The maximum Gasteiger partial charge on any atom is 0.121 e. The summed E-state index contributed by atoms with van der Waals surface area (Å²) in [5, 5.41) is 17.5. The Morgan fingerprint density at radius 3 is 2.65 bits per heavy atom. The lowest BCUT2D eigenvalue weighted by Crippen LogP contribution is -1.96. The van der Waals surface area contributed by atoms with Crippen molar-refractivity contribution < 1.29 is 9.84 Å². The van der Waals surface area contributed by atoms with E-state index in [-0.39, 0.29) is 6.61 Å². The van der Waals surface area contributed by atoms with E-state index in [2.05, 4.69) is 17.9 Å². The molecule has 0 radical (unpaired) electrons. The summed E-state index contributed by atoms with van der Waals surface area (Å²) < 4.78 is 5.65. The number of hydrogen-bond acceptors (Lipinski definition) is 3. The fourth-order valence-electron chi connectivity index (χ4n) is 1.70. The molecule has 3 heteroatoms. The summed E-state index contributed by atoms with van der Waals surface area (Å²) in [6, 6.07) is 16.7. The molecule has 20 heavy (non-hydrogen) atoms. The first-order chi connectivity index (χ1) is 9.81. The van der Waals surface area contributed by atoms with Gasteiger partial charge in [0.15, 0.2) is 0 Å². The Hall–Kier alpha value is -2.75. The molecule has 98 valence electrons.